The van der Waals surface area contributed by atoms with E-state index in [1.54, 1.807) is 0 Å². The summed E-state index contributed by atoms with van der Waals surface area (Å²) in [7, 11) is 0. The Balaban J connectivity index is 2.55. The van der Waals surface area contributed by atoms with Crippen LogP contribution in [0, 0.1) is 11.6 Å². The van der Waals surface area contributed by atoms with Gasteiger partial charge in [0.05, 0.1) is 18.3 Å². The summed E-state index contributed by atoms with van der Waals surface area (Å²) in [6, 6.07) is 3.35. The predicted octanol–water partition coefficient (Wildman–Crippen LogP) is 2.73. The van der Waals surface area contributed by atoms with Crippen LogP contribution in [0.3, 0.4) is 0 Å². The molecule has 5 heteroatoms. The van der Waals surface area contributed by atoms with Crippen molar-refractivity contribution in [3.05, 3.63) is 35.4 Å². The third kappa shape index (κ3) is 4.07. The van der Waals surface area contributed by atoms with Gasteiger partial charge in [-0.1, -0.05) is 13.0 Å². The highest BCUT2D eigenvalue weighted by Gasteiger charge is 2.18. The number of hydrogen-bond donors (Lipinski definition) is 1. The van der Waals surface area contributed by atoms with E-state index in [0.717, 1.165) is 12.1 Å². The molecule has 0 fully saturated rings. The van der Waals surface area contributed by atoms with Crippen molar-refractivity contribution in [2.45, 2.75) is 32.3 Å². The van der Waals surface area contributed by atoms with Crippen molar-refractivity contribution in [2.24, 2.45) is 0 Å². The Kier molecular flexibility index (Phi) is 5.71. The van der Waals surface area contributed by atoms with Crippen LogP contribution in [0.25, 0.3) is 0 Å². The van der Waals surface area contributed by atoms with Crippen molar-refractivity contribution in [3.63, 3.8) is 0 Å². The maximum Gasteiger partial charge on any atom is 0.305 e. The monoisotopic (exact) mass is 258 g/mol. The standard InChI is InChI=1S/C13H16F2O3/c1-2-8-18-12(17)7-6-11(16)13-9(14)4-3-5-10(13)15/h3-5,11,16H,2,6-8H2,1H3. The van der Waals surface area contributed by atoms with Gasteiger partial charge in [-0.05, 0) is 25.0 Å². The Hall–Kier alpha value is -1.49. The van der Waals surface area contributed by atoms with Crippen LogP contribution in [0.4, 0.5) is 8.78 Å². The molecule has 3 nitrogen and oxygen atoms in total. The first-order valence-electron chi connectivity index (χ1n) is 5.83. The average molecular weight is 258 g/mol. The Bertz CT molecular complexity index is 387. The van der Waals surface area contributed by atoms with E-state index in [9.17, 15) is 18.7 Å². The Morgan fingerprint density at radius 3 is 2.56 bits per heavy atom. The lowest BCUT2D eigenvalue weighted by Crippen LogP contribution is -2.10. The largest absolute Gasteiger partial charge is 0.466 e. The minimum absolute atomic E-state index is 0.0690. The van der Waals surface area contributed by atoms with Crippen molar-refractivity contribution in [1.82, 2.24) is 0 Å². The lowest BCUT2D eigenvalue weighted by molar-refractivity contribution is -0.144. The molecule has 0 heterocycles. The van der Waals surface area contributed by atoms with E-state index in [-0.39, 0.29) is 12.8 Å². The highest BCUT2D eigenvalue weighted by Crippen LogP contribution is 2.24. The van der Waals surface area contributed by atoms with Gasteiger partial charge < -0.3 is 9.84 Å². The van der Waals surface area contributed by atoms with E-state index < -0.39 is 29.3 Å². The van der Waals surface area contributed by atoms with Gasteiger partial charge in [-0.3, -0.25) is 4.79 Å². The number of hydrogen-bond acceptors (Lipinski definition) is 3. The summed E-state index contributed by atoms with van der Waals surface area (Å²) >= 11 is 0. The highest BCUT2D eigenvalue weighted by atomic mass is 19.1. The molecule has 1 unspecified atom stereocenters. The van der Waals surface area contributed by atoms with Crippen LogP contribution in [-0.4, -0.2) is 17.7 Å². The van der Waals surface area contributed by atoms with Gasteiger partial charge in [0.25, 0.3) is 0 Å². The van der Waals surface area contributed by atoms with E-state index in [1.807, 2.05) is 6.92 Å². The van der Waals surface area contributed by atoms with Crippen LogP contribution in [0.1, 0.15) is 37.9 Å². The van der Waals surface area contributed by atoms with Crippen molar-refractivity contribution < 1.29 is 23.4 Å². The second kappa shape index (κ2) is 7.06. The van der Waals surface area contributed by atoms with Crippen molar-refractivity contribution >= 4 is 5.97 Å². The molecule has 1 atom stereocenters. The fourth-order valence-electron chi connectivity index (χ4n) is 1.52. The molecule has 18 heavy (non-hydrogen) atoms. The first-order valence-corrected chi connectivity index (χ1v) is 5.83. The number of rotatable bonds is 6. The zero-order chi connectivity index (χ0) is 13.5. The summed E-state index contributed by atoms with van der Waals surface area (Å²) in [5.74, 6) is -2.11. The first-order chi connectivity index (χ1) is 8.56. The van der Waals surface area contributed by atoms with Gasteiger partial charge in [0.15, 0.2) is 0 Å². The van der Waals surface area contributed by atoms with E-state index in [4.69, 9.17) is 4.74 Å². The maximum atomic E-state index is 13.3. The fraction of sp³-hybridized carbons (Fsp3) is 0.462. The molecular weight excluding hydrogens is 242 g/mol. The molecule has 1 rings (SSSR count). The fourth-order valence-corrected chi connectivity index (χ4v) is 1.52. The lowest BCUT2D eigenvalue weighted by atomic mass is 10.0. The van der Waals surface area contributed by atoms with Crippen LogP contribution >= 0.6 is 0 Å². The molecule has 1 aromatic carbocycles. The first kappa shape index (κ1) is 14.6. The number of aliphatic hydroxyl groups excluding tert-OH is 1. The summed E-state index contributed by atoms with van der Waals surface area (Å²) in [6.45, 7) is 2.17. The predicted molar refractivity (Wildman–Crippen MR) is 61.8 cm³/mol. The number of esters is 1. The summed E-state index contributed by atoms with van der Waals surface area (Å²) < 4.78 is 31.4. The van der Waals surface area contributed by atoms with Gasteiger partial charge in [-0.2, -0.15) is 0 Å². The molecule has 0 aromatic heterocycles. The number of carbonyl (C=O) groups is 1. The van der Waals surface area contributed by atoms with Crippen LogP contribution < -0.4 is 0 Å². The third-order valence-corrected chi connectivity index (χ3v) is 2.42. The number of aliphatic hydroxyl groups is 1. The minimum Gasteiger partial charge on any atom is -0.466 e. The SMILES string of the molecule is CCCOC(=O)CCC(O)c1c(F)cccc1F. The Labute approximate surface area is 104 Å². The molecule has 100 valence electrons. The topological polar surface area (TPSA) is 46.5 Å². The van der Waals surface area contributed by atoms with Gasteiger partial charge in [-0.15, -0.1) is 0 Å². The molecule has 1 N–H and O–H groups in total. The smallest absolute Gasteiger partial charge is 0.305 e. The molecule has 0 saturated carbocycles. The summed E-state index contributed by atoms with van der Waals surface area (Å²) in [5, 5.41) is 9.67. The van der Waals surface area contributed by atoms with Crippen LogP contribution in [0.5, 0.6) is 0 Å². The molecule has 0 aliphatic carbocycles. The zero-order valence-corrected chi connectivity index (χ0v) is 10.2. The highest BCUT2D eigenvalue weighted by molar-refractivity contribution is 5.69. The minimum atomic E-state index is -1.35. The van der Waals surface area contributed by atoms with Crippen LogP contribution in [0.2, 0.25) is 0 Å². The second-order valence-electron chi connectivity index (χ2n) is 3.91. The van der Waals surface area contributed by atoms with E-state index in [2.05, 4.69) is 0 Å². The average Bonchev–Trinajstić information content (AvgIpc) is 2.33. The number of ether oxygens (including phenoxy) is 1. The maximum absolute atomic E-state index is 13.3. The quantitative estimate of drug-likeness (QED) is 0.798. The summed E-state index contributed by atoms with van der Waals surface area (Å²) in [5.41, 5.74) is -0.402. The number of carbonyl (C=O) groups excluding carboxylic acids is 1. The Morgan fingerprint density at radius 2 is 2.00 bits per heavy atom. The van der Waals surface area contributed by atoms with Crippen molar-refractivity contribution in [3.8, 4) is 0 Å². The van der Waals surface area contributed by atoms with E-state index in [1.165, 1.54) is 6.07 Å². The van der Waals surface area contributed by atoms with Gasteiger partial charge in [0.2, 0.25) is 0 Å². The number of halogens is 2. The molecule has 0 bridgehead atoms. The van der Waals surface area contributed by atoms with Gasteiger partial charge >= 0.3 is 5.97 Å². The molecule has 1 aromatic rings. The molecule has 0 saturated heterocycles. The third-order valence-electron chi connectivity index (χ3n) is 2.42. The summed E-state index contributed by atoms with van der Waals surface area (Å²) in [4.78, 5) is 11.2. The van der Waals surface area contributed by atoms with Gasteiger partial charge in [0.1, 0.15) is 11.6 Å². The molecule has 0 aliphatic heterocycles. The van der Waals surface area contributed by atoms with E-state index >= 15 is 0 Å². The lowest BCUT2D eigenvalue weighted by Gasteiger charge is -2.12. The molecule has 0 radical (unpaired) electrons. The van der Waals surface area contributed by atoms with Crippen LogP contribution in [-0.2, 0) is 9.53 Å². The van der Waals surface area contributed by atoms with E-state index in [0.29, 0.717) is 13.0 Å². The normalized spacial score (nSPS) is 12.2. The van der Waals surface area contributed by atoms with Crippen molar-refractivity contribution in [1.29, 1.82) is 0 Å². The van der Waals surface area contributed by atoms with Crippen LogP contribution in [0.15, 0.2) is 18.2 Å². The second-order valence-corrected chi connectivity index (χ2v) is 3.91. The molecule has 0 amide bonds. The van der Waals surface area contributed by atoms with Crippen molar-refractivity contribution in [2.75, 3.05) is 6.61 Å². The molecule has 0 spiro atoms. The Morgan fingerprint density at radius 1 is 1.39 bits per heavy atom. The van der Waals surface area contributed by atoms with Gasteiger partial charge in [-0.25, -0.2) is 8.78 Å². The summed E-state index contributed by atoms with van der Waals surface area (Å²) in [6.07, 6.45) is -0.786. The van der Waals surface area contributed by atoms with Gasteiger partial charge in [0, 0.05) is 6.42 Å². The number of benzene rings is 1. The molecule has 0 aliphatic rings. The zero-order valence-electron chi connectivity index (χ0n) is 10.2. The molecular formula is C13H16F2O3.